The summed E-state index contributed by atoms with van der Waals surface area (Å²) in [5, 5.41) is 12.2. The molecule has 0 bridgehead atoms. The third-order valence-corrected chi connectivity index (χ3v) is 2.90. The molecule has 1 aromatic carbocycles. The molecule has 0 aliphatic heterocycles. The van der Waals surface area contributed by atoms with E-state index in [0.717, 1.165) is 12.1 Å². The number of hydrogen-bond donors (Lipinski definition) is 2. The third kappa shape index (κ3) is 5.20. The molecule has 0 aliphatic rings. The minimum Gasteiger partial charge on any atom is -0.491 e. The Balaban J connectivity index is 1.81. The Labute approximate surface area is 135 Å². The van der Waals surface area contributed by atoms with Gasteiger partial charge in [-0.25, -0.2) is 4.98 Å². The van der Waals surface area contributed by atoms with Gasteiger partial charge < -0.3 is 15.2 Å². The van der Waals surface area contributed by atoms with Gasteiger partial charge >= 0.3 is 6.18 Å². The molecule has 1 atom stereocenters. The zero-order valence-electron chi connectivity index (χ0n) is 12.3. The molecule has 0 aliphatic carbocycles. The molecule has 9 heteroatoms. The molecule has 2 aromatic rings. The second kappa shape index (κ2) is 7.73. The minimum absolute atomic E-state index is 0.0240. The first-order chi connectivity index (χ1) is 11.4. The number of aliphatic hydroxyl groups is 1. The van der Waals surface area contributed by atoms with Crippen molar-refractivity contribution in [3.63, 3.8) is 0 Å². The molecule has 0 spiro atoms. The number of benzene rings is 1. The van der Waals surface area contributed by atoms with Gasteiger partial charge in [0.2, 0.25) is 0 Å². The molecule has 2 N–H and O–H groups in total. The number of ether oxygens (including phenoxy) is 1. The molecule has 2 rings (SSSR count). The van der Waals surface area contributed by atoms with Gasteiger partial charge in [0, 0.05) is 18.9 Å². The molecule has 0 saturated carbocycles. The van der Waals surface area contributed by atoms with Gasteiger partial charge in [0.15, 0.2) is 0 Å². The van der Waals surface area contributed by atoms with Gasteiger partial charge in [0.25, 0.3) is 5.91 Å². The Bertz CT molecular complexity index is 680. The van der Waals surface area contributed by atoms with Crippen LogP contribution in [0, 0.1) is 0 Å². The van der Waals surface area contributed by atoms with E-state index in [4.69, 9.17) is 4.74 Å². The van der Waals surface area contributed by atoms with Crippen LogP contribution in [-0.2, 0) is 6.18 Å². The Hall–Kier alpha value is -2.68. The lowest BCUT2D eigenvalue weighted by atomic mass is 10.2. The third-order valence-electron chi connectivity index (χ3n) is 2.90. The molecule has 1 unspecified atom stereocenters. The topological polar surface area (TPSA) is 84.3 Å². The Morgan fingerprint density at radius 1 is 1.33 bits per heavy atom. The second-order valence-corrected chi connectivity index (χ2v) is 4.79. The molecular formula is C15H14F3N3O3. The monoisotopic (exact) mass is 341 g/mol. The van der Waals surface area contributed by atoms with Crippen molar-refractivity contribution >= 4 is 5.91 Å². The maximum Gasteiger partial charge on any atom is 0.416 e. The van der Waals surface area contributed by atoms with E-state index < -0.39 is 23.8 Å². The van der Waals surface area contributed by atoms with Crippen LogP contribution in [0.1, 0.15) is 16.1 Å². The van der Waals surface area contributed by atoms with Crippen molar-refractivity contribution in [2.45, 2.75) is 12.3 Å². The van der Waals surface area contributed by atoms with Gasteiger partial charge in [-0.05, 0) is 18.2 Å². The van der Waals surface area contributed by atoms with E-state index >= 15 is 0 Å². The lowest BCUT2D eigenvalue weighted by Crippen LogP contribution is -2.35. The van der Waals surface area contributed by atoms with Crippen LogP contribution in [0.2, 0.25) is 0 Å². The maximum absolute atomic E-state index is 12.6. The smallest absolute Gasteiger partial charge is 0.416 e. The van der Waals surface area contributed by atoms with Crippen molar-refractivity contribution in [1.82, 2.24) is 15.3 Å². The Morgan fingerprint density at radius 2 is 2.12 bits per heavy atom. The lowest BCUT2D eigenvalue weighted by Gasteiger charge is -2.14. The van der Waals surface area contributed by atoms with E-state index in [0.29, 0.717) is 0 Å². The van der Waals surface area contributed by atoms with Crippen LogP contribution in [0.15, 0.2) is 42.9 Å². The highest BCUT2D eigenvalue weighted by molar-refractivity contribution is 5.91. The van der Waals surface area contributed by atoms with Crippen molar-refractivity contribution in [2.24, 2.45) is 0 Å². The molecule has 0 fully saturated rings. The highest BCUT2D eigenvalue weighted by Crippen LogP contribution is 2.31. The summed E-state index contributed by atoms with van der Waals surface area (Å²) in [5.74, 6) is -0.551. The predicted molar refractivity (Wildman–Crippen MR) is 77.3 cm³/mol. The van der Waals surface area contributed by atoms with Crippen LogP contribution in [0.4, 0.5) is 13.2 Å². The van der Waals surface area contributed by atoms with Crippen LogP contribution >= 0.6 is 0 Å². The average molecular weight is 341 g/mol. The highest BCUT2D eigenvalue weighted by atomic mass is 19.4. The molecule has 1 heterocycles. The van der Waals surface area contributed by atoms with Crippen molar-refractivity contribution < 1.29 is 27.8 Å². The summed E-state index contributed by atoms with van der Waals surface area (Å²) in [6.07, 6.45) is -1.54. The molecular weight excluding hydrogens is 327 g/mol. The first-order valence-electron chi connectivity index (χ1n) is 6.88. The minimum atomic E-state index is -4.47. The predicted octanol–water partition coefficient (Wildman–Crippen LogP) is 1.67. The van der Waals surface area contributed by atoms with E-state index in [2.05, 4.69) is 15.3 Å². The van der Waals surface area contributed by atoms with Gasteiger partial charge in [0.05, 0.1) is 11.8 Å². The van der Waals surface area contributed by atoms with E-state index in [-0.39, 0.29) is 24.6 Å². The van der Waals surface area contributed by atoms with E-state index in [1.54, 1.807) is 0 Å². The molecule has 1 aromatic heterocycles. The second-order valence-electron chi connectivity index (χ2n) is 4.79. The normalized spacial score (nSPS) is 12.5. The molecule has 0 radical (unpaired) electrons. The SMILES string of the molecule is O=C(NCC(O)COc1cccc(C(F)(F)F)c1)c1cnccn1. The van der Waals surface area contributed by atoms with Gasteiger partial charge in [-0.15, -0.1) is 0 Å². The quantitative estimate of drug-likeness (QED) is 0.835. The van der Waals surface area contributed by atoms with Gasteiger partial charge in [0.1, 0.15) is 24.2 Å². The summed E-state index contributed by atoms with van der Waals surface area (Å²) >= 11 is 0. The van der Waals surface area contributed by atoms with Crippen molar-refractivity contribution in [1.29, 1.82) is 0 Å². The van der Waals surface area contributed by atoms with E-state index in [1.807, 2.05) is 0 Å². The number of rotatable bonds is 6. The van der Waals surface area contributed by atoms with Crippen LogP contribution in [0.3, 0.4) is 0 Å². The number of amides is 1. The molecule has 0 saturated heterocycles. The van der Waals surface area contributed by atoms with Gasteiger partial charge in [-0.1, -0.05) is 6.07 Å². The van der Waals surface area contributed by atoms with Gasteiger partial charge in [-0.2, -0.15) is 13.2 Å². The Kier molecular flexibility index (Phi) is 5.69. The van der Waals surface area contributed by atoms with Crippen molar-refractivity contribution in [3.8, 4) is 5.75 Å². The van der Waals surface area contributed by atoms with Crippen LogP contribution in [-0.4, -0.2) is 40.2 Å². The Morgan fingerprint density at radius 3 is 2.79 bits per heavy atom. The number of nitrogens with one attached hydrogen (secondary N) is 1. The summed E-state index contributed by atoms with van der Waals surface area (Å²) in [7, 11) is 0. The number of aromatic nitrogens is 2. The van der Waals surface area contributed by atoms with Gasteiger partial charge in [-0.3, -0.25) is 9.78 Å². The first-order valence-corrected chi connectivity index (χ1v) is 6.88. The summed E-state index contributed by atoms with van der Waals surface area (Å²) in [5.41, 5.74) is -0.756. The number of aliphatic hydroxyl groups excluding tert-OH is 1. The van der Waals surface area contributed by atoms with Crippen molar-refractivity contribution in [3.05, 3.63) is 54.1 Å². The number of carbonyl (C=O) groups excluding carboxylic acids is 1. The summed E-state index contributed by atoms with van der Waals surface area (Å²) in [6.45, 7) is -0.420. The summed E-state index contributed by atoms with van der Waals surface area (Å²) in [4.78, 5) is 19.2. The number of hydrogen-bond acceptors (Lipinski definition) is 5. The zero-order valence-corrected chi connectivity index (χ0v) is 12.3. The zero-order chi connectivity index (χ0) is 17.6. The number of alkyl halides is 3. The largest absolute Gasteiger partial charge is 0.491 e. The number of nitrogens with zero attached hydrogens (tertiary/aromatic N) is 2. The molecule has 128 valence electrons. The standard InChI is InChI=1S/C15H14F3N3O3/c16-15(17,18)10-2-1-3-12(6-10)24-9-11(22)7-21-14(23)13-8-19-4-5-20-13/h1-6,8,11,22H,7,9H2,(H,21,23). The molecule has 24 heavy (non-hydrogen) atoms. The van der Waals surface area contributed by atoms with E-state index in [1.165, 1.54) is 30.7 Å². The molecule has 6 nitrogen and oxygen atoms in total. The number of carbonyl (C=O) groups is 1. The summed E-state index contributed by atoms with van der Waals surface area (Å²) < 4.78 is 42.8. The fourth-order valence-electron chi connectivity index (χ4n) is 1.73. The average Bonchev–Trinajstić information content (AvgIpc) is 2.58. The van der Waals surface area contributed by atoms with Crippen molar-refractivity contribution in [2.75, 3.05) is 13.2 Å². The molecule has 1 amide bonds. The van der Waals surface area contributed by atoms with Crippen LogP contribution < -0.4 is 10.1 Å². The fourth-order valence-corrected chi connectivity index (χ4v) is 1.73. The first kappa shape index (κ1) is 17.7. The summed E-state index contributed by atoms with van der Waals surface area (Å²) in [6, 6.07) is 4.32. The number of halogens is 3. The van der Waals surface area contributed by atoms with E-state index in [9.17, 15) is 23.1 Å². The fraction of sp³-hybridized carbons (Fsp3) is 0.267. The van der Waals surface area contributed by atoms with Crippen LogP contribution in [0.5, 0.6) is 5.75 Å². The highest BCUT2D eigenvalue weighted by Gasteiger charge is 2.30. The maximum atomic E-state index is 12.6. The lowest BCUT2D eigenvalue weighted by molar-refractivity contribution is -0.137. The van der Waals surface area contributed by atoms with Crippen LogP contribution in [0.25, 0.3) is 0 Å².